The lowest BCUT2D eigenvalue weighted by atomic mass is 9.92. The molecule has 0 N–H and O–H groups in total. The van der Waals surface area contributed by atoms with Crippen molar-refractivity contribution in [3.8, 4) is 0 Å². The van der Waals surface area contributed by atoms with Gasteiger partial charge in [-0.15, -0.1) is 0 Å². The predicted molar refractivity (Wildman–Crippen MR) is 207 cm³/mol. The van der Waals surface area contributed by atoms with Crippen molar-refractivity contribution in [1.82, 2.24) is 0 Å². The molecule has 0 saturated carbocycles. The van der Waals surface area contributed by atoms with Crippen LogP contribution in [0.3, 0.4) is 0 Å². The number of hydrogen-bond donors (Lipinski definition) is 0. The Morgan fingerprint density at radius 1 is 0.404 bits per heavy atom. The average molecular weight is 639 g/mol. The summed E-state index contributed by atoms with van der Waals surface area (Å²) in [5, 5.41) is 0. The lowest BCUT2D eigenvalue weighted by Crippen LogP contribution is -2.05. The molecule has 0 atom stereocenters. The summed E-state index contributed by atoms with van der Waals surface area (Å²) in [7, 11) is 0. The molecule has 0 fully saturated rings. The Kier molecular flexibility index (Phi) is 18.4. The average Bonchev–Trinajstić information content (AvgIpc) is 3.32. The largest absolute Gasteiger partial charge is 0.493 e. The van der Waals surface area contributed by atoms with Gasteiger partial charge in [0, 0.05) is 22.3 Å². The van der Waals surface area contributed by atoms with Crippen LogP contribution < -0.4 is 0 Å². The maximum Gasteiger partial charge on any atom is 0.211 e. The van der Waals surface area contributed by atoms with Gasteiger partial charge in [0.05, 0.1) is 0 Å². The molecule has 0 aliphatic carbocycles. The van der Waals surface area contributed by atoms with Crippen molar-refractivity contribution in [2.45, 2.75) is 189 Å². The van der Waals surface area contributed by atoms with Gasteiger partial charge in [0.2, 0.25) is 11.4 Å². The molecule has 2 aromatic rings. The molecular weight excluding hydrogens is 569 g/mol. The first-order valence-corrected chi connectivity index (χ1v) is 20.2. The Morgan fingerprint density at radius 3 is 1.19 bits per heavy atom. The van der Waals surface area contributed by atoms with Crippen LogP contribution in [0.4, 0.5) is 0 Å². The van der Waals surface area contributed by atoms with Crippen LogP contribution in [-0.2, 0) is 25.7 Å². The Balaban J connectivity index is 2.05. The van der Waals surface area contributed by atoms with E-state index in [0.29, 0.717) is 0 Å². The molecule has 1 aliphatic heterocycles. The van der Waals surface area contributed by atoms with Crippen LogP contribution in [0.1, 0.15) is 197 Å². The summed E-state index contributed by atoms with van der Waals surface area (Å²) in [6, 6.07) is 14.5. The minimum absolute atomic E-state index is 1.01. The molecule has 0 radical (unpaired) electrons. The van der Waals surface area contributed by atoms with Crippen molar-refractivity contribution in [3.05, 3.63) is 86.5 Å². The first-order valence-electron chi connectivity index (χ1n) is 20.2. The SMILES string of the molecule is CCCCCCCCC1=C(c2cc(CCCC)cc(CCCC)c2)[N+](=[N-])C(c2cc(CCCCCC)cc(CCCCCC)c2)=C1C. The highest BCUT2D eigenvalue weighted by atomic mass is 15.2. The summed E-state index contributed by atoms with van der Waals surface area (Å²) >= 11 is 0. The number of allylic oxidation sites excluding steroid dienone is 2. The van der Waals surface area contributed by atoms with Gasteiger partial charge >= 0.3 is 0 Å². The summed E-state index contributed by atoms with van der Waals surface area (Å²) in [4.78, 5) is 0. The maximum atomic E-state index is 12.3. The third kappa shape index (κ3) is 12.5. The van der Waals surface area contributed by atoms with Crippen molar-refractivity contribution in [3.63, 3.8) is 0 Å². The van der Waals surface area contributed by atoms with Crippen LogP contribution in [0.15, 0.2) is 47.5 Å². The van der Waals surface area contributed by atoms with Crippen molar-refractivity contribution in [2.75, 3.05) is 0 Å². The Hall–Kier alpha value is -2.48. The molecule has 0 saturated heterocycles. The van der Waals surface area contributed by atoms with Crippen molar-refractivity contribution < 1.29 is 4.70 Å². The summed E-state index contributed by atoms with van der Waals surface area (Å²) in [6.07, 6.45) is 28.2. The van der Waals surface area contributed by atoms with E-state index in [4.69, 9.17) is 0 Å². The lowest BCUT2D eigenvalue weighted by molar-refractivity contribution is -0.345. The monoisotopic (exact) mass is 639 g/mol. The van der Waals surface area contributed by atoms with Gasteiger partial charge in [-0.2, -0.15) is 0 Å². The van der Waals surface area contributed by atoms with Gasteiger partial charge in [0.25, 0.3) is 0 Å². The summed E-state index contributed by atoms with van der Waals surface area (Å²) in [5.41, 5.74) is 25.1. The van der Waals surface area contributed by atoms with Gasteiger partial charge in [-0.25, -0.2) is 4.70 Å². The summed E-state index contributed by atoms with van der Waals surface area (Å²) in [5.74, 6) is 0. The van der Waals surface area contributed by atoms with E-state index in [1.54, 1.807) is 4.70 Å². The van der Waals surface area contributed by atoms with Gasteiger partial charge in [-0.05, 0) is 118 Å². The quantitative estimate of drug-likeness (QED) is 0.0764. The third-order valence-electron chi connectivity index (χ3n) is 10.2. The van der Waals surface area contributed by atoms with E-state index < -0.39 is 0 Å². The first-order chi connectivity index (χ1) is 23.0. The van der Waals surface area contributed by atoms with Crippen molar-refractivity contribution in [2.24, 2.45) is 0 Å². The zero-order valence-electron chi connectivity index (χ0n) is 31.6. The van der Waals surface area contributed by atoms with E-state index in [1.165, 1.54) is 160 Å². The minimum Gasteiger partial charge on any atom is -0.493 e. The smallest absolute Gasteiger partial charge is 0.211 e. The highest BCUT2D eigenvalue weighted by Gasteiger charge is 2.34. The second-order valence-electron chi connectivity index (χ2n) is 14.5. The van der Waals surface area contributed by atoms with Crippen LogP contribution in [0.5, 0.6) is 0 Å². The Labute approximate surface area is 291 Å². The number of benzene rings is 2. The molecule has 3 rings (SSSR count). The number of nitrogens with zero attached hydrogens (tertiary/aromatic N) is 2. The fourth-order valence-electron chi connectivity index (χ4n) is 7.39. The molecule has 0 amide bonds. The third-order valence-corrected chi connectivity index (χ3v) is 10.2. The fourth-order valence-corrected chi connectivity index (χ4v) is 7.39. The molecular formula is C45H70N2. The molecule has 2 nitrogen and oxygen atoms in total. The molecule has 0 unspecified atom stereocenters. The van der Waals surface area contributed by atoms with E-state index >= 15 is 0 Å². The Bertz CT molecular complexity index is 1240. The highest BCUT2D eigenvalue weighted by molar-refractivity contribution is 5.82. The fraction of sp³-hybridized carbons (Fsp3) is 0.644. The van der Waals surface area contributed by atoms with E-state index in [0.717, 1.165) is 43.5 Å². The van der Waals surface area contributed by atoms with Gasteiger partial charge in [-0.3, -0.25) is 0 Å². The summed E-state index contributed by atoms with van der Waals surface area (Å²) < 4.78 is 1.61. The normalized spacial score (nSPS) is 13.4. The predicted octanol–water partition coefficient (Wildman–Crippen LogP) is 14.6. The molecule has 0 bridgehead atoms. The highest BCUT2D eigenvalue weighted by Crippen LogP contribution is 2.43. The van der Waals surface area contributed by atoms with Crippen LogP contribution in [-0.4, -0.2) is 4.70 Å². The van der Waals surface area contributed by atoms with E-state index in [1.807, 2.05) is 0 Å². The van der Waals surface area contributed by atoms with Crippen molar-refractivity contribution >= 4 is 11.4 Å². The minimum atomic E-state index is 1.01. The standard InChI is InChI=1S/C45H70N2/c1-7-12-17-20-21-24-29-43-36(6)44(41-32-39(27-22-18-13-8-2)31-40(33-41)28-23-19-14-9-3)47(46)45(43)42-34-37(25-15-10-4)30-38(35-42)26-16-11-5/h30-35H,7-29H2,1-6H3. The second kappa shape index (κ2) is 22.2. The van der Waals surface area contributed by atoms with Gasteiger partial charge in [-0.1, -0.05) is 130 Å². The van der Waals surface area contributed by atoms with Crippen LogP contribution in [0, 0.1) is 0 Å². The van der Waals surface area contributed by atoms with Crippen LogP contribution in [0.2, 0.25) is 0 Å². The molecule has 1 heterocycles. The molecule has 2 aromatic carbocycles. The van der Waals surface area contributed by atoms with Gasteiger partial charge < -0.3 is 5.53 Å². The Morgan fingerprint density at radius 2 is 0.745 bits per heavy atom. The molecule has 0 spiro atoms. The molecule has 47 heavy (non-hydrogen) atoms. The summed E-state index contributed by atoms with van der Waals surface area (Å²) in [6.45, 7) is 13.7. The van der Waals surface area contributed by atoms with Gasteiger partial charge in [0.1, 0.15) is 0 Å². The zero-order valence-corrected chi connectivity index (χ0v) is 31.6. The topological polar surface area (TPSA) is 25.3 Å². The second-order valence-corrected chi connectivity index (χ2v) is 14.5. The number of unbranched alkanes of at least 4 members (excludes halogenated alkanes) is 13. The molecule has 0 aromatic heterocycles. The number of hydrogen-bond acceptors (Lipinski definition) is 0. The number of rotatable bonds is 25. The maximum absolute atomic E-state index is 12.3. The van der Waals surface area contributed by atoms with Crippen LogP contribution in [0.25, 0.3) is 16.9 Å². The molecule has 260 valence electrons. The number of aryl methyl sites for hydroxylation is 4. The van der Waals surface area contributed by atoms with Crippen LogP contribution >= 0.6 is 0 Å². The lowest BCUT2D eigenvalue weighted by Gasteiger charge is -2.15. The van der Waals surface area contributed by atoms with Gasteiger partial charge in [0.15, 0.2) is 0 Å². The first kappa shape index (κ1) is 39.0. The van der Waals surface area contributed by atoms with E-state index in [2.05, 4.69) is 77.9 Å². The van der Waals surface area contributed by atoms with E-state index in [-0.39, 0.29) is 0 Å². The molecule has 2 heteroatoms. The molecule has 1 aliphatic rings. The van der Waals surface area contributed by atoms with E-state index in [9.17, 15) is 5.53 Å². The van der Waals surface area contributed by atoms with Crippen molar-refractivity contribution in [1.29, 1.82) is 0 Å². The zero-order chi connectivity index (χ0) is 33.9.